The maximum absolute atomic E-state index is 12.5. The van der Waals surface area contributed by atoms with Crippen molar-refractivity contribution in [3.05, 3.63) is 23.5 Å². The van der Waals surface area contributed by atoms with E-state index in [4.69, 9.17) is 0 Å². The fourth-order valence-corrected chi connectivity index (χ4v) is 2.74. The topological polar surface area (TPSA) is 57.3 Å². The van der Waals surface area contributed by atoms with Crippen molar-refractivity contribution in [2.45, 2.75) is 39.2 Å². The number of aromatic nitrogens is 1. The molecule has 1 saturated heterocycles. The number of carbonyl (C=O) groups excluding carboxylic acids is 1. The maximum Gasteiger partial charge on any atom is 0.319 e. The molecule has 0 bridgehead atoms. The average Bonchev–Trinajstić information content (AvgIpc) is 2.86. The number of hydrogen-bond acceptors (Lipinski definition) is 3. The van der Waals surface area contributed by atoms with E-state index >= 15 is 0 Å². The quantitative estimate of drug-likeness (QED) is 0.878. The highest BCUT2D eigenvalue weighted by atomic mass is 19.3. The molecule has 0 radical (unpaired) electrons. The predicted molar refractivity (Wildman–Crippen MR) is 81.3 cm³/mol. The van der Waals surface area contributed by atoms with E-state index in [1.54, 1.807) is 11.0 Å². The fraction of sp³-hybridized carbons (Fsp3) is 0.600. The molecule has 5 nitrogen and oxygen atoms in total. The van der Waals surface area contributed by atoms with E-state index in [2.05, 4.69) is 15.6 Å². The molecule has 1 aromatic heterocycles. The third-order valence-corrected chi connectivity index (χ3v) is 3.84. The van der Waals surface area contributed by atoms with Gasteiger partial charge in [0.25, 0.3) is 6.43 Å². The highest BCUT2D eigenvalue weighted by Gasteiger charge is 2.26. The zero-order valence-electron chi connectivity index (χ0n) is 12.9. The van der Waals surface area contributed by atoms with E-state index in [0.29, 0.717) is 18.8 Å². The number of nitrogens with zero attached hydrogens (tertiary/aromatic N) is 2. The van der Waals surface area contributed by atoms with Crippen LogP contribution >= 0.6 is 0 Å². The van der Waals surface area contributed by atoms with Gasteiger partial charge in [-0.25, -0.2) is 13.6 Å². The maximum atomic E-state index is 12.5. The van der Waals surface area contributed by atoms with Crippen molar-refractivity contribution in [2.24, 2.45) is 0 Å². The number of rotatable bonds is 5. The van der Waals surface area contributed by atoms with E-state index in [1.165, 1.54) is 0 Å². The van der Waals surface area contributed by atoms with Crippen LogP contribution in [-0.4, -0.2) is 48.0 Å². The van der Waals surface area contributed by atoms with Crippen molar-refractivity contribution >= 4 is 11.7 Å². The van der Waals surface area contributed by atoms with Gasteiger partial charge in [-0.1, -0.05) is 0 Å². The average molecular weight is 312 g/mol. The molecule has 7 heteroatoms. The van der Waals surface area contributed by atoms with E-state index in [0.717, 1.165) is 24.2 Å². The van der Waals surface area contributed by atoms with Crippen LogP contribution < -0.4 is 10.6 Å². The molecule has 0 aromatic carbocycles. The SMILES string of the molecule is Cc1ccc(NC(=O)NC[C@H]2CCCN2CC(F)F)c(C)n1. The summed E-state index contributed by atoms with van der Waals surface area (Å²) in [6.45, 7) is 4.52. The van der Waals surface area contributed by atoms with Crippen molar-refractivity contribution in [2.75, 3.05) is 25.0 Å². The predicted octanol–water partition coefficient (Wildman–Crippen LogP) is 2.55. The summed E-state index contributed by atoms with van der Waals surface area (Å²) in [5.74, 6) is 0. The number of urea groups is 1. The van der Waals surface area contributed by atoms with Crippen LogP contribution in [0.25, 0.3) is 0 Å². The van der Waals surface area contributed by atoms with Crippen LogP contribution in [0, 0.1) is 13.8 Å². The molecule has 2 heterocycles. The van der Waals surface area contributed by atoms with Gasteiger partial charge in [0.2, 0.25) is 0 Å². The Labute approximate surface area is 129 Å². The van der Waals surface area contributed by atoms with Crippen LogP contribution in [0.2, 0.25) is 0 Å². The number of nitrogens with one attached hydrogen (secondary N) is 2. The molecule has 0 spiro atoms. The summed E-state index contributed by atoms with van der Waals surface area (Å²) in [6.07, 6.45) is -0.615. The Bertz CT molecular complexity index is 524. The molecule has 2 N–H and O–H groups in total. The second-order valence-corrected chi connectivity index (χ2v) is 5.60. The number of aryl methyl sites for hydroxylation is 2. The standard InChI is InChI=1S/C15H22F2N4O/c1-10-5-6-13(11(2)19-10)20-15(22)18-8-12-4-3-7-21(12)9-14(16)17/h5-6,12,14H,3-4,7-9H2,1-2H3,(H2,18,20,22)/t12-/m1/s1. The summed E-state index contributed by atoms with van der Waals surface area (Å²) in [6, 6.07) is 3.27. The van der Waals surface area contributed by atoms with Crippen LogP contribution in [0.5, 0.6) is 0 Å². The number of anilines is 1. The van der Waals surface area contributed by atoms with Crippen molar-refractivity contribution in [1.29, 1.82) is 0 Å². The van der Waals surface area contributed by atoms with E-state index in [9.17, 15) is 13.6 Å². The van der Waals surface area contributed by atoms with Crippen LogP contribution in [0.3, 0.4) is 0 Å². The Morgan fingerprint density at radius 3 is 2.91 bits per heavy atom. The van der Waals surface area contributed by atoms with Gasteiger partial charge in [0, 0.05) is 18.3 Å². The number of alkyl halides is 2. The minimum Gasteiger partial charge on any atom is -0.336 e. The Morgan fingerprint density at radius 2 is 2.23 bits per heavy atom. The summed E-state index contributed by atoms with van der Waals surface area (Å²) in [4.78, 5) is 17.9. The Kier molecular flexibility index (Phi) is 5.65. The third-order valence-electron chi connectivity index (χ3n) is 3.84. The summed E-state index contributed by atoms with van der Waals surface area (Å²) in [5.41, 5.74) is 2.28. The zero-order chi connectivity index (χ0) is 16.1. The minimum absolute atomic E-state index is 0.0167. The van der Waals surface area contributed by atoms with Crippen LogP contribution in [0.1, 0.15) is 24.2 Å². The largest absolute Gasteiger partial charge is 0.336 e. The Hall–Kier alpha value is -1.76. The first-order valence-corrected chi connectivity index (χ1v) is 7.47. The first kappa shape index (κ1) is 16.6. The van der Waals surface area contributed by atoms with E-state index in [1.807, 2.05) is 19.9 Å². The Morgan fingerprint density at radius 1 is 1.45 bits per heavy atom. The molecule has 0 saturated carbocycles. The lowest BCUT2D eigenvalue weighted by atomic mass is 10.2. The van der Waals surface area contributed by atoms with Crippen molar-refractivity contribution in [3.63, 3.8) is 0 Å². The smallest absolute Gasteiger partial charge is 0.319 e. The summed E-state index contributed by atoms with van der Waals surface area (Å²) >= 11 is 0. The van der Waals surface area contributed by atoms with Gasteiger partial charge in [-0.15, -0.1) is 0 Å². The molecule has 1 atom stereocenters. The molecule has 1 fully saturated rings. The van der Waals surface area contributed by atoms with Gasteiger partial charge in [-0.05, 0) is 45.4 Å². The lowest BCUT2D eigenvalue weighted by molar-refractivity contribution is 0.0826. The Balaban J connectivity index is 1.82. The van der Waals surface area contributed by atoms with E-state index in [-0.39, 0.29) is 18.6 Å². The zero-order valence-corrected chi connectivity index (χ0v) is 12.9. The fourth-order valence-electron chi connectivity index (χ4n) is 2.74. The van der Waals surface area contributed by atoms with Crippen molar-refractivity contribution < 1.29 is 13.6 Å². The molecule has 2 rings (SSSR count). The number of hydrogen-bond donors (Lipinski definition) is 2. The van der Waals surface area contributed by atoms with Gasteiger partial charge >= 0.3 is 6.03 Å². The van der Waals surface area contributed by atoms with Crippen molar-refractivity contribution in [3.8, 4) is 0 Å². The summed E-state index contributed by atoms with van der Waals surface area (Å²) in [7, 11) is 0. The normalized spacial score (nSPS) is 18.7. The van der Waals surface area contributed by atoms with Crippen molar-refractivity contribution in [1.82, 2.24) is 15.2 Å². The molecule has 1 aromatic rings. The molecule has 122 valence electrons. The molecular formula is C15H22F2N4O. The number of halogens is 2. The number of likely N-dealkylation sites (tertiary alicyclic amines) is 1. The van der Waals surface area contributed by atoms with Gasteiger partial charge < -0.3 is 10.6 Å². The lowest BCUT2D eigenvalue weighted by Gasteiger charge is -2.24. The lowest BCUT2D eigenvalue weighted by Crippen LogP contribution is -2.43. The van der Waals surface area contributed by atoms with Crippen LogP contribution in [0.15, 0.2) is 12.1 Å². The van der Waals surface area contributed by atoms with Gasteiger partial charge in [0.1, 0.15) is 0 Å². The van der Waals surface area contributed by atoms with Gasteiger partial charge in [-0.2, -0.15) is 0 Å². The van der Waals surface area contributed by atoms with Gasteiger partial charge in [0.05, 0.1) is 17.9 Å². The molecule has 0 unspecified atom stereocenters. The minimum atomic E-state index is -2.34. The molecule has 0 aliphatic carbocycles. The number of amides is 2. The third kappa shape index (κ3) is 4.62. The summed E-state index contributed by atoms with van der Waals surface area (Å²) in [5, 5.41) is 5.49. The molecule has 1 aliphatic rings. The number of pyridine rings is 1. The van der Waals surface area contributed by atoms with Crippen LogP contribution in [-0.2, 0) is 0 Å². The monoisotopic (exact) mass is 312 g/mol. The highest BCUT2D eigenvalue weighted by molar-refractivity contribution is 5.89. The molecular weight excluding hydrogens is 290 g/mol. The van der Waals surface area contributed by atoms with Gasteiger partial charge in [-0.3, -0.25) is 9.88 Å². The summed E-state index contributed by atoms with van der Waals surface area (Å²) < 4.78 is 25.0. The number of carbonyl (C=O) groups is 1. The molecule has 2 amide bonds. The highest BCUT2D eigenvalue weighted by Crippen LogP contribution is 2.18. The van der Waals surface area contributed by atoms with Crippen LogP contribution in [0.4, 0.5) is 19.3 Å². The first-order chi connectivity index (χ1) is 10.5. The second-order valence-electron chi connectivity index (χ2n) is 5.60. The second kappa shape index (κ2) is 7.49. The molecule has 1 aliphatic heterocycles. The first-order valence-electron chi connectivity index (χ1n) is 7.47. The molecule has 22 heavy (non-hydrogen) atoms. The van der Waals surface area contributed by atoms with E-state index < -0.39 is 6.43 Å². The van der Waals surface area contributed by atoms with Gasteiger partial charge in [0.15, 0.2) is 0 Å².